The van der Waals surface area contributed by atoms with Gasteiger partial charge in [0.15, 0.2) is 11.5 Å². The standard InChI is InChI=1S/C15H20F4N2O2/c1-22-13-7-10(11(16)8-14(13)23-2)12(9-15(17,18)19)21-5-3-20-4-6-21/h7-8,12,20H,3-6,9H2,1-2H3/t12-/m1/s1. The number of ether oxygens (including phenoxy) is 2. The van der Waals surface area contributed by atoms with Crippen molar-refractivity contribution in [1.82, 2.24) is 10.2 Å². The summed E-state index contributed by atoms with van der Waals surface area (Å²) in [5, 5.41) is 3.08. The molecule has 1 aromatic carbocycles. The second-order valence-electron chi connectivity index (χ2n) is 5.35. The summed E-state index contributed by atoms with van der Waals surface area (Å²) in [5.74, 6) is -0.360. The Morgan fingerprint density at radius 1 is 1.13 bits per heavy atom. The number of benzene rings is 1. The second kappa shape index (κ2) is 7.35. The SMILES string of the molecule is COc1cc(F)c([C@@H](CC(F)(F)F)N2CCNCC2)cc1OC. The first-order valence-corrected chi connectivity index (χ1v) is 7.28. The molecule has 1 saturated heterocycles. The quantitative estimate of drug-likeness (QED) is 0.839. The molecule has 130 valence electrons. The van der Waals surface area contributed by atoms with Crippen molar-refractivity contribution >= 4 is 0 Å². The van der Waals surface area contributed by atoms with Gasteiger partial charge in [-0.2, -0.15) is 13.2 Å². The van der Waals surface area contributed by atoms with E-state index in [9.17, 15) is 17.6 Å². The molecule has 1 heterocycles. The van der Waals surface area contributed by atoms with E-state index in [1.807, 2.05) is 0 Å². The molecule has 0 bridgehead atoms. The molecule has 1 N–H and O–H groups in total. The molecule has 0 spiro atoms. The van der Waals surface area contributed by atoms with Crippen LogP contribution in [0.5, 0.6) is 11.5 Å². The minimum Gasteiger partial charge on any atom is -0.493 e. The summed E-state index contributed by atoms with van der Waals surface area (Å²) in [5.41, 5.74) is -0.0260. The molecular formula is C15H20F4N2O2. The summed E-state index contributed by atoms with van der Waals surface area (Å²) >= 11 is 0. The topological polar surface area (TPSA) is 33.7 Å². The van der Waals surface area contributed by atoms with E-state index in [0.717, 1.165) is 6.07 Å². The van der Waals surface area contributed by atoms with E-state index in [0.29, 0.717) is 26.2 Å². The van der Waals surface area contributed by atoms with Crippen molar-refractivity contribution in [2.45, 2.75) is 18.6 Å². The number of alkyl halides is 3. The zero-order chi connectivity index (χ0) is 17.0. The van der Waals surface area contributed by atoms with Gasteiger partial charge in [-0.15, -0.1) is 0 Å². The molecule has 23 heavy (non-hydrogen) atoms. The van der Waals surface area contributed by atoms with Crippen molar-refractivity contribution in [3.05, 3.63) is 23.5 Å². The van der Waals surface area contributed by atoms with Crippen LogP contribution in [-0.4, -0.2) is 51.5 Å². The Balaban J connectivity index is 2.41. The fourth-order valence-corrected chi connectivity index (χ4v) is 2.77. The van der Waals surface area contributed by atoms with Crippen LogP contribution >= 0.6 is 0 Å². The second-order valence-corrected chi connectivity index (χ2v) is 5.35. The first kappa shape index (κ1) is 17.8. The van der Waals surface area contributed by atoms with Crippen molar-refractivity contribution in [1.29, 1.82) is 0 Å². The lowest BCUT2D eigenvalue weighted by molar-refractivity contribution is -0.149. The molecule has 0 amide bonds. The van der Waals surface area contributed by atoms with Gasteiger partial charge < -0.3 is 14.8 Å². The first-order chi connectivity index (χ1) is 10.9. The number of hydrogen-bond acceptors (Lipinski definition) is 4. The summed E-state index contributed by atoms with van der Waals surface area (Å²) < 4.78 is 63.4. The van der Waals surface area contributed by atoms with Gasteiger partial charge in [0.05, 0.1) is 20.6 Å². The van der Waals surface area contributed by atoms with Gasteiger partial charge in [-0.3, -0.25) is 4.90 Å². The largest absolute Gasteiger partial charge is 0.493 e. The van der Waals surface area contributed by atoms with E-state index in [1.165, 1.54) is 20.3 Å². The minimum absolute atomic E-state index is 0.0260. The summed E-state index contributed by atoms with van der Waals surface area (Å²) in [6.45, 7) is 2.00. The lowest BCUT2D eigenvalue weighted by Crippen LogP contribution is -2.46. The number of hydrogen-bond donors (Lipinski definition) is 1. The van der Waals surface area contributed by atoms with Crippen LogP contribution in [0.15, 0.2) is 12.1 Å². The molecule has 1 fully saturated rings. The van der Waals surface area contributed by atoms with Crippen LogP contribution in [0.25, 0.3) is 0 Å². The van der Waals surface area contributed by atoms with Crippen molar-refractivity contribution < 1.29 is 27.0 Å². The molecular weight excluding hydrogens is 316 g/mol. The Morgan fingerprint density at radius 3 is 2.22 bits per heavy atom. The third-order valence-electron chi connectivity index (χ3n) is 3.88. The highest BCUT2D eigenvalue weighted by atomic mass is 19.4. The molecule has 4 nitrogen and oxygen atoms in total. The van der Waals surface area contributed by atoms with Gasteiger partial charge in [-0.25, -0.2) is 4.39 Å². The highest BCUT2D eigenvalue weighted by Gasteiger charge is 2.37. The fraction of sp³-hybridized carbons (Fsp3) is 0.600. The lowest BCUT2D eigenvalue weighted by Gasteiger charge is -2.36. The van der Waals surface area contributed by atoms with E-state index in [4.69, 9.17) is 9.47 Å². The highest BCUT2D eigenvalue weighted by molar-refractivity contribution is 5.44. The number of methoxy groups -OCH3 is 2. The Kier molecular flexibility index (Phi) is 5.69. The molecule has 1 aromatic rings. The zero-order valence-corrected chi connectivity index (χ0v) is 13.0. The van der Waals surface area contributed by atoms with Crippen LogP contribution < -0.4 is 14.8 Å². The van der Waals surface area contributed by atoms with Crippen LogP contribution in [0.2, 0.25) is 0 Å². The Hall–Kier alpha value is -1.54. The summed E-state index contributed by atoms with van der Waals surface area (Å²) in [6.07, 6.45) is -5.51. The number of piperazine rings is 1. The molecule has 0 saturated carbocycles. The number of nitrogens with zero attached hydrogens (tertiary/aromatic N) is 1. The maximum absolute atomic E-state index is 14.4. The molecule has 0 aliphatic carbocycles. The van der Waals surface area contributed by atoms with Gasteiger partial charge in [-0.05, 0) is 6.07 Å². The van der Waals surface area contributed by atoms with Crippen LogP contribution in [0, 0.1) is 5.82 Å². The third kappa shape index (κ3) is 4.48. The van der Waals surface area contributed by atoms with Gasteiger partial charge >= 0.3 is 6.18 Å². The van der Waals surface area contributed by atoms with E-state index >= 15 is 0 Å². The summed E-state index contributed by atoms with van der Waals surface area (Å²) in [7, 11) is 2.71. The van der Waals surface area contributed by atoms with Gasteiger partial charge in [0, 0.05) is 43.9 Å². The minimum atomic E-state index is -4.39. The van der Waals surface area contributed by atoms with Crippen molar-refractivity contribution in [3.8, 4) is 11.5 Å². The maximum atomic E-state index is 14.4. The molecule has 1 aliphatic rings. The number of rotatable bonds is 5. The van der Waals surface area contributed by atoms with E-state index < -0.39 is 24.5 Å². The van der Waals surface area contributed by atoms with Crippen molar-refractivity contribution in [2.24, 2.45) is 0 Å². The van der Waals surface area contributed by atoms with Crippen LogP contribution in [-0.2, 0) is 0 Å². The molecule has 8 heteroatoms. The molecule has 0 radical (unpaired) electrons. The first-order valence-electron chi connectivity index (χ1n) is 7.28. The van der Waals surface area contributed by atoms with Crippen LogP contribution in [0.1, 0.15) is 18.0 Å². The molecule has 1 aliphatic heterocycles. The van der Waals surface area contributed by atoms with Gasteiger partial charge in [0.1, 0.15) is 5.82 Å². The van der Waals surface area contributed by atoms with Crippen LogP contribution in [0.4, 0.5) is 17.6 Å². The summed E-state index contributed by atoms with van der Waals surface area (Å²) in [4.78, 5) is 1.65. The van der Waals surface area contributed by atoms with Gasteiger partial charge in [0.25, 0.3) is 0 Å². The predicted octanol–water partition coefficient (Wildman–Crippen LogP) is 2.74. The number of halogens is 4. The normalized spacial score (nSPS) is 17.8. The summed E-state index contributed by atoms with van der Waals surface area (Å²) in [6, 6.07) is 1.28. The third-order valence-corrected chi connectivity index (χ3v) is 3.88. The Labute approximate surface area is 132 Å². The highest BCUT2D eigenvalue weighted by Crippen LogP contribution is 2.39. The smallest absolute Gasteiger partial charge is 0.390 e. The predicted molar refractivity (Wildman–Crippen MR) is 77.4 cm³/mol. The molecule has 0 unspecified atom stereocenters. The van der Waals surface area contributed by atoms with E-state index in [1.54, 1.807) is 4.90 Å². The molecule has 1 atom stereocenters. The molecule has 2 rings (SSSR count). The van der Waals surface area contributed by atoms with Crippen molar-refractivity contribution in [2.75, 3.05) is 40.4 Å². The average molecular weight is 336 g/mol. The van der Waals surface area contributed by atoms with Crippen molar-refractivity contribution in [3.63, 3.8) is 0 Å². The van der Waals surface area contributed by atoms with Crippen LogP contribution in [0.3, 0.4) is 0 Å². The van der Waals surface area contributed by atoms with E-state index in [-0.39, 0.29) is 17.1 Å². The number of nitrogens with one attached hydrogen (secondary N) is 1. The average Bonchev–Trinajstić information content (AvgIpc) is 2.52. The van der Waals surface area contributed by atoms with Gasteiger partial charge in [-0.1, -0.05) is 0 Å². The van der Waals surface area contributed by atoms with Gasteiger partial charge in [0.2, 0.25) is 0 Å². The fourth-order valence-electron chi connectivity index (χ4n) is 2.77. The maximum Gasteiger partial charge on any atom is 0.390 e. The monoisotopic (exact) mass is 336 g/mol. The Morgan fingerprint density at radius 2 is 1.70 bits per heavy atom. The zero-order valence-electron chi connectivity index (χ0n) is 13.0. The Bertz CT molecular complexity index is 531. The molecule has 0 aromatic heterocycles. The lowest BCUT2D eigenvalue weighted by atomic mass is 9.99. The van der Waals surface area contributed by atoms with E-state index in [2.05, 4.69) is 5.32 Å².